The van der Waals surface area contributed by atoms with E-state index >= 15 is 0 Å². The summed E-state index contributed by atoms with van der Waals surface area (Å²) in [5.74, 6) is 0.702. The molecule has 0 aliphatic carbocycles. The average molecular weight is 268 g/mol. The molecule has 1 aliphatic heterocycles. The summed E-state index contributed by atoms with van der Waals surface area (Å²) in [7, 11) is 0. The second kappa shape index (κ2) is 5.07. The van der Waals surface area contributed by atoms with Crippen molar-refractivity contribution in [2.45, 2.75) is 25.4 Å². The van der Waals surface area contributed by atoms with Crippen LogP contribution in [-0.2, 0) is 4.74 Å². The van der Waals surface area contributed by atoms with Crippen molar-refractivity contribution in [2.24, 2.45) is 0 Å². The molecule has 2 aromatic rings. The summed E-state index contributed by atoms with van der Waals surface area (Å²) in [5, 5.41) is 11.0. The van der Waals surface area contributed by atoms with E-state index in [2.05, 4.69) is 25.5 Å². The van der Waals surface area contributed by atoms with Crippen LogP contribution < -0.4 is 5.32 Å². The van der Waals surface area contributed by atoms with Crippen LogP contribution >= 0.6 is 11.6 Å². The molecule has 2 aromatic heterocycles. The van der Waals surface area contributed by atoms with Crippen molar-refractivity contribution in [2.75, 3.05) is 18.5 Å². The van der Waals surface area contributed by atoms with Crippen molar-refractivity contribution < 1.29 is 4.74 Å². The van der Waals surface area contributed by atoms with Crippen LogP contribution in [0.1, 0.15) is 19.3 Å². The standard InChI is InChI=1S/C11H14ClN5O/c12-11-15-9(8-6-14-17-10(8)16-11)13-5-7-3-1-2-4-18-7/h6-7H,1-5H2,(H2,13,14,15,16,17). The molecule has 2 N–H and O–H groups in total. The summed E-state index contributed by atoms with van der Waals surface area (Å²) in [5.41, 5.74) is 0.641. The monoisotopic (exact) mass is 267 g/mol. The van der Waals surface area contributed by atoms with Gasteiger partial charge in [-0.3, -0.25) is 5.10 Å². The van der Waals surface area contributed by atoms with E-state index in [0.717, 1.165) is 31.4 Å². The lowest BCUT2D eigenvalue weighted by Gasteiger charge is -2.23. The van der Waals surface area contributed by atoms with Crippen LogP contribution in [0, 0.1) is 0 Å². The Bertz CT molecular complexity index is 537. The lowest BCUT2D eigenvalue weighted by atomic mass is 10.1. The largest absolute Gasteiger partial charge is 0.376 e. The van der Waals surface area contributed by atoms with Crippen molar-refractivity contribution in [3.05, 3.63) is 11.5 Å². The molecule has 0 saturated carbocycles. The number of rotatable bonds is 3. The molecule has 1 fully saturated rings. The molecule has 1 aliphatic rings. The number of hydrogen-bond donors (Lipinski definition) is 2. The zero-order valence-electron chi connectivity index (χ0n) is 9.82. The fourth-order valence-electron chi connectivity index (χ4n) is 2.12. The Morgan fingerprint density at radius 2 is 2.39 bits per heavy atom. The molecule has 1 unspecified atom stereocenters. The number of ether oxygens (including phenoxy) is 1. The minimum atomic E-state index is 0.207. The van der Waals surface area contributed by atoms with Crippen LogP contribution in [0.15, 0.2) is 6.20 Å². The van der Waals surface area contributed by atoms with Crippen molar-refractivity contribution >= 4 is 28.5 Å². The molecule has 7 heteroatoms. The van der Waals surface area contributed by atoms with E-state index in [-0.39, 0.29) is 11.4 Å². The number of aromatic amines is 1. The maximum atomic E-state index is 5.86. The van der Waals surface area contributed by atoms with Gasteiger partial charge in [-0.15, -0.1) is 0 Å². The zero-order chi connectivity index (χ0) is 12.4. The maximum absolute atomic E-state index is 5.86. The number of aromatic nitrogens is 4. The number of hydrogen-bond acceptors (Lipinski definition) is 5. The highest BCUT2D eigenvalue weighted by atomic mass is 35.5. The van der Waals surface area contributed by atoms with Gasteiger partial charge in [-0.25, -0.2) is 0 Å². The average Bonchev–Trinajstić information content (AvgIpc) is 2.85. The van der Waals surface area contributed by atoms with Gasteiger partial charge in [-0.05, 0) is 30.9 Å². The third-order valence-corrected chi connectivity index (χ3v) is 3.22. The summed E-state index contributed by atoms with van der Waals surface area (Å²) >= 11 is 5.86. The van der Waals surface area contributed by atoms with E-state index in [0.29, 0.717) is 11.5 Å². The molecule has 0 amide bonds. The van der Waals surface area contributed by atoms with Crippen LogP contribution in [0.3, 0.4) is 0 Å². The summed E-state index contributed by atoms with van der Waals surface area (Å²) in [6.07, 6.45) is 5.39. The van der Waals surface area contributed by atoms with Crippen molar-refractivity contribution in [3.8, 4) is 0 Å². The van der Waals surface area contributed by atoms with E-state index < -0.39 is 0 Å². The van der Waals surface area contributed by atoms with E-state index in [9.17, 15) is 0 Å². The molecule has 96 valence electrons. The number of nitrogens with zero attached hydrogens (tertiary/aromatic N) is 3. The molecule has 3 rings (SSSR count). The summed E-state index contributed by atoms with van der Waals surface area (Å²) in [6.45, 7) is 1.58. The highest BCUT2D eigenvalue weighted by Crippen LogP contribution is 2.21. The molecule has 18 heavy (non-hydrogen) atoms. The summed E-state index contributed by atoms with van der Waals surface area (Å²) in [4.78, 5) is 8.24. The van der Waals surface area contributed by atoms with Gasteiger partial charge in [-0.1, -0.05) is 0 Å². The first-order chi connectivity index (χ1) is 8.83. The smallest absolute Gasteiger partial charge is 0.226 e. The molecular formula is C11H14ClN5O. The lowest BCUT2D eigenvalue weighted by Crippen LogP contribution is -2.27. The van der Waals surface area contributed by atoms with Crippen LogP contribution in [0.4, 0.5) is 5.82 Å². The van der Waals surface area contributed by atoms with Gasteiger partial charge in [0, 0.05) is 13.2 Å². The first kappa shape index (κ1) is 11.7. The van der Waals surface area contributed by atoms with Gasteiger partial charge in [0.15, 0.2) is 5.65 Å². The second-order valence-electron chi connectivity index (χ2n) is 4.34. The molecule has 0 spiro atoms. The molecule has 0 radical (unpaired) electrons. The molecule has 1 atom stereocenters. The Morgan fingerprint density at radius 1 is 1.44 bits per heavy atom. The van der Waals surface area contributed by atoms with Gasteiger partial charge < -0.3 is 10.1 Å². The molecule has 3 heterocycles. The Morgan fingerprint density at radius 3 is 3.22 bits per heavy atom. The van der Waals surface area contributed by atoms with Gasteiger partial charge in [-0.2, -0.15) is 15.1 Å². The minimum absolute atomic E-state index is 0.207. The Balaban J connectivity index is 1.75. The van der Waals surface area contributed by atoms with Crippen LogP contribution in [0.5, 0.6) is 0 Å². The van der Waals surface area contributed by atoms with Gasteiger partial charge in [0.1, 0.15) is 5.82 Å². The number of anilines is 1. The van der Waals surface area contributed by atoms with Crippen molar-refractivity contribution in [1.29, 1.82) is 0 Å². The normalized spacial score (nSPS) is 20.2. The van der Waals surface area contributed by atoms with Crippen LogP contribution in [0.25, 0.3) is 11.0 Å². The number of halogens is 1. The third kappa shape index (κ3) is 2.39. The Kier molecular flexibility index (Phi) is 3.29. The fraction of sp³-hybridized carbons (Fsp3) is 0.545. The first-order valence-electron chi connectivity index (χ1n) is 6.05. The second-order valence-corrected chi connectivity index (χ2v) is 4.68. The van der Waals surface area contributed by atoms with E-state index in [1.807, 2.05) is 0 Å². The Hall–Kier alpha value is -1.40. The summed E-state index contributed by atoms with van der Waals surface area (Å²) < 4.78 is 5.66. The molecule has 0 aromatic carbocycles. The van der Waals surface area contributed by atoms with Crippen LogP contribution in [-0.4, -0.2) is 39.4 Å². The number of nitrogens with one attached hydrogen (secondary N) is 2. The number of H-pyrrole nitrogens is 1. The van der Waals surface area contributed by atoms with Gasteiger partial charge in [0.25, 0.3) is 0 Å². The third-order valence-electron chi connectivity index (χ3n) is 3.05. The molecule has 0 bridgehead atoms. The minimum Gasteiger partial charge on any atom is -0.376 e. The molecular weight excluding hydrogens is 254 g/mol. The van der Waals surface area contributed by atoms with Crippen LogP contribution in [0.2, 0.25) is 5.28 Å². The predicted molar refractivity (Wildman–Crippen MR) is 68.8 cm³/mol. The van der Waals surface area contributed by atoms with Crippen molar-refractivity contribution in [1.82, 2.24) is 20.2 Å². The maximum Gasteiger partial charge on any atom is 0.226 e. The predicted octanol–water partition coefficient (Wildman–Crippen LogP) is 1.99. The quantitative estimate of drug-likeness (QED) is 0.832. The van der Waals surface area contributed by atoms with Gasteiger partial charge in [0.05, 0.1) is 17.7 Å². The Labute approximate surface area is 109 Å². The number of fused-ring (bicyclic) bond motifs is 1. The SMILES string of the molecule is Clc1nc(NCC2CCCCO2)c2cn[nH]c2n1. The highest BCUT2D eigenvalue weighted by molar-refractivity contribution is 6.28. The van der Waals surface area contributed by atoms with E-state index in [1.54, 1.807) is 6.20 Å². The van der Waals surface area contributed by atoms with E-state index in [4.69, 9.17) is 16.3 Å². The van der Waals surface area contributed by atoms with Crippen molar-refractivity contribution in [3.63, 3.8) is 0 Å². The molecule has 1 saturated heterocycles. The zero-order valence-corrected chi connectivity index (χ0v) is 10.6. The highest BCUT2D eigenvalue weighted by Gasteiger charge is 2.15. The van der Waals surface area contributed by atoms with Gasteiger partial charge >= 0.3 is 0 Å². The fourth-order valence-corrected chi connectivity index (χ4v) is 2.29. The van der Waals surface area contributed by atoms with E-state index in [1.165, 1.54) is 6.42 Å². The topological polar surface area (TPSA) is 75.7 Å². The summed E-state index contributed by atoms with van der Waals surface area (Å²) in [6, 6.07) is 0. The molecule has 6 nitrogen and oxygen atoms in total. The lowest BCUT2D eigenvalue weighted by molar-refractivity contribution is 0.0247. The first-order valence-corrected chi connectivity index (χ1v) is 6.43. The van der Waals surface area contributed by atoms with Gasteiger partial charge in [0.2, 0.25) is 5.28 Å².